The largest absolute Gasteiger partial charge is 0.462 e. The summed E-state index contributed by atoms with van der Waals surface area (Å²) in [5, 5.41) is 13.6. The maximum absolute atomic E-state index is 12.7. The lowest BCUT2D eigenvalue weighted by Crippen LogP contribution is -2.15. The van der Waals surface area contributed by atoms with Gasteiger partial charge in [0.1, 0.15) is 16.1 Å². The number of amides is 1. The molecule has 0 atom stereocenters. The van der Waals surface area contributed by atoms with E-state index in [4.69, 9.17) is 4.74 Å². The van der Waals surface area contributed by atoms with Gasteiger partial charge >= 0.3 is 5.97 Å². The number of fused-ring (bicyclic) bond motifs is 1. The van der Waals surface area contributed by atoms with Gasteiger partial charge in [0.2, 0.25) is 5.91 Å². The number of pyridine rings is 1. The van der Waals surface area contributed by atoms with E-state index in [-0.39, 0.29) is 18.3 Å². The first-order valence-electron chi connectivity index (χ1n) is 11.1. The molecule has 0 bridgehead atoms. The first-order valence-corrected chi connectivity index (χ1v) is 12.9. The predicted molar refractivity (Wildman–Crippen MR) is 129 cm³/mol. The molecule has 32 heavy (non-hydrogen) atoms. The van der Waals surface area contributed by atoms with Crippen LogP contribution in [0.15, 0.2) is 11.1 Å². The third kappa shape index (κ3) is 5.90. The summed E-state index contributed by atoms with van der Waals surface area (Å²) >= 11 is 2.92. The second-order valence-corrected chi connectivity index (χ2v) is 10.1. The minimum atomic E-state index is -0.353. The molecule has 170 valence electrons. The van der Waals surface area contributed by atoms with Crippen LogP contribution < -0.4 is 5.32 Å². The Morgan fingerprint density at radius 1 is 1.25 bits per heavy atom. The van der Waals surface area contributed by atoms with Crippen molar-refractivity contribution in [1.82, 2.24) is 4.98 Å². The van der Waals surface area contributed by atoms with Crippen molar-refractivity contribution in [2.75, 3.05) is 17.7 Å². The van der Waals surface area contributed by atoms with E-state index in [2.05, 4.69) is 16.4 Å². The molecule has 0 saturated heterocycles. The van der Waals surface area contributed by atoms with Gasteiger partial charge in [-0.2, -0.15) is 5.26 Å². The number of aryl methyl sites for hydroxylation is 3. The number of hydrogen-bond acceptors (Lipinski definition) is 7. The van der Waals surface area contributed by atoms with E-state index in [0.29, 0.717) is 33.5 Å². The third-order valence-corrected chi connectivity index (χ3v) is 7.58. The quantitative estimate of drug-likeness (QED) is 0.418. The Labute approximate surface area is 197 Å². The number of ether oxygens (including phenoxy) is 1. The van der Waals surface area contributed by atoms with Gasteiger partial charge in [-0.15, -0.1) is 23.1 Å². The number of aromatic nitrogens is 1. The summed E-state index contributed by atoms with van der Waals surface area (Å²) in [7, 11) is 0. The van der Waals surface area contributed by atoms with Crippen molar-refractivity contribution < 1.29 is 14.3 Å². The topological polar surface area (TPSA) is 92.1 Å². The summed E-state index contributed by atoms with van der Waals surface area (Å²) in [4.78, 5) is 31.1. The molecule has 0 radical (unpaired) electrons. The minimum Gasteiger partial charge on any atom is -0.462 e. The van der Waals surface area contributed by atoms with Crippen LogP contribution in [0.25, 0.3) is 0 Å². The van der Waals surface area contributed by atoms with E-state index in [9.17, 15) is 14.9 Å². The molecule has 1 aliphatic carbocycles. The van der Waals surface area contributed by atoms with Crippen LogP contribution >= 0.6 is 23.1 Å². The first-order chi connectivity index (χ1) is 15.4. The minimum absolute atomic E-state index is 0.153. The summed E-state index contributed by atoms with van der Waals surface area (Å²) in [5.41, 5.74) is 3.89. The number of nitrogens with one attached hydrogen (secondary N) is 1. The molecule has 0 spiro atoms. The Hall–Kier alpha value is -2.37. The van der Waals surface area contributed by atoms with E-state index in [1.54, 1.807) is 6.92 Å². The number of esters is 1. The molecule has 2 heterocycles. The van der Waals surface area contributed by atoms with Crippen molar-refractivity contribution in [3.63, 3.8) is 0 Å². The van der Waals surface area contributed by atoms with Gasteiger partial charge in [0.05, 0.1) is 17.7 Å². The number of carbonyl (C=O) groups excluding carboxylic acids is 2. The standard InChI is InChI=1S/C24H29N3O3S2/c1-4-30-24(29)21-17-9-7-5-6-8-10-19(17)32-23(21)27-20(28)11-12-31-22-18(14-25)15(2)13-16(3)26-22/h13H,4-12H2,1-3H3,(H,27,28). The molecule has 3 rings (SSSR count). The van der Waals surface area contributed by atoms with Crippen LogP contribution in [0.5, 0.6) is 0 Å². The Morgan fingerprint density at radius 3 is 2.72 bits per heavy atom. The fourth-order valence-corrected chi connectivity index (χ4v) is 6.23. The molecular formula is C24H29N3O3S2. The van der Waals surface area contributed by atoms with Crippen LogP contribution in [0.4, 0.5) is 5.00 Å². The van der Waals surface area contributed by atoms with Crippen LogP contribution in [0.2, 0.25) is 0 Å². The van der Waals surface area contributed by atoms with E-state index >= 15 is 0 Å². The third-order valence-electron chi connectivity index (χ3n) is 5.40. The van der Waals surface area contributed by atoms with Crippen molar-refractivity contribution in [3.05, 3.63) is 38.9 Å². The van der Waals surface area contributed by atoms with Crippen molar-refractivity contribution in [3.8, 4) is 6.07 Å². The first kappa shape index (κ1) is 24.3. The number of nitriles is 1. The molecule has 0 saturated carbocycles. The van der Waals surface area contributed by atoms with E-state index < -0.39 is 0 Å². The molecular weight excluding hydrogens is 442 g/mol. The molecule has 1 amide bonds. The second kappa shape index (κ2) is 11.5. The lowest BCUT2D eigenvalue weighted by Gasteiger charge is -2.11. The second-order valence-electron chi connectivity index (χ2n) is 7.86. The summed E-state index contributed by atoms with van der Waals surface area (Å²) in [6.07, 6.45) is 6.55. The maximum atomic E-state index is 12.7. The lowest BCUT2D eigenvalue weighted by molar-refractivity contribution is -0.115. The van der Waals surface area contributed by atoms with Crippen LogP contribution in [0, 0.1) is 25.2 Å². The molecule has 0 unspecified atom stereocenters. The fourth-order valence-electron chi connectivity index (χ4n) is 3.90. The van der Waals surface area contributed by atoms with E-state index in [0.717, 1.165) is 48.9 Å². The highest BCUT2D eigenvalue weighted by atomic mass is 32.2. The summed E-state index contributed by atoms with van der Waals surface area (Å²) in [5.74, 6) is -0.00975. The van der Waals surface area contributed by atoms with Crippen LogP contribution in [-0.2, 0) is 22.4 Å². The average molecular weight is 472 g/mol. The highest BCUT2D eigenvalue weighted by Crippen LogP contribution is 2.37. The van der Waals surface area contributed by atoms with Gasteiger partial charge in [0, 0.05) is 22.7 Å². The Morgan fingerprint density at radius 2 is 2.00 bits per heavy atom. The molecule has 1 N–H and O–H groups in total. The molecule has 0 fully saturated rings. The van der Waals surface area contributed by atoms with Gasteiger partial charge in [-0.3, -0.25) is 4.79 Å². The van der Waals surface area contributed by atoms with Crippen molar-refractivity contribution >= 4 is 40.0 Å². The predicted octanol–water partition coefficient (Wildman–Crippen LogP) is 5.59. The molecule has 2 aromatic rings. The van der Waals surface area contributed by atoms with Gasteiger partial charge in [-0.05, 0) is 63.6 Å². The van der Waals surface area contributed by atoms with Crippen molar-refractivity contribution in [2.45, 2.75) is 70.7 Å². The number of thiophene rings is 1. The molecule has 6 nitrogen and oxygen atoms in total. The number of nitrogens with zero attached hydrogens (tertiary/aromatic N) is 2. The summed E-state index contributed by atoms with van der Waals surface area (Å²) < 4.78 is 5.31. The average Bonchev–Trinajstić information content (AvgIpc) is 3.04. The Bertz CT molecular complexity index is 1040. The highest BCUT2D eigenvalue weighted by Gasteiger charge is 2.26. The van der Waals surface area contributed by atoms with E-state index in [1.807, 2.05) is 19.9 Å². The number of thioether (sulfide) groups is 1. The highest BCUT2D eigenvalue weighted by molar-refractivity contribution is 7.99. The number of hydrogen-bond donors (Lipinski definition) is 1. The van der Waals surface area contributed by atoms with Crippen LogP contribution in [0.1, 0.15) is 76.6 Å². The zero-order valence-electron chi connectivity index (χ0n) is 18.9. The van der Waals surface area contributed by atoms with Gasteiger partial charge in [-0.1, -0.05) is 12.8 Å². The van der Waals surface area contributed by atoms with Crippen molar-refractivity contribution in [2.24, 2.45) is 0 Å². The summed E-state index contributed by atoms with van der Waals surface area (Å²) in [6.45, 7) is 5.88. The number of rotatable bonds is 7. The van der Waals surface area contributed by atoms with Crippen molar-refractivity contribution in [1.29, 1.82) is 5.26 Å². The van der Waals surface area contributed by atoms with Gasteiger partial charge < -0.3 is 10.1 Å². The SMILES string of the molecule is CCOC(=O)c1c(NC(=O)CCSc2nc(C)cc(C)c2C#N)sc2c1CCCCCC2. The number of anilines is 1. The molecule has 1 aliphatic rings. The summed E-state index contributed by atoms with van der Waals surface area (Å²) in [6, 6.07) is 4.09. The Kier molecular flexibility index (Phi) is 8.71. The van der Waals surface area contributed by atoms with Crippen LogP contribution in [-0.4, -0.2) is 29.2 Å². The molecule has 0 aromatic carbocycles. The van der Waals surface area contributed by atoms with Crippen LogP contribution in [0.3, 0.4) is 0 Å². The number of carbonyl (C=O) groups is 2. The van der Waals surface area contributed by atoms with E-state index in [1.165, 1.54) is 34.4 Å². The molecule has 8 heteroatoms. The normalized spacial score (nSPS) is 13.4. The zero-order valence-corrected chi connectivity index (χ0v) is 20.5. The van der Waals surface area contributed by atoms with Gasteiger partial charge in [-0.25, -0.2) is 9.78 Å². The molecule has 2 aromatic heterocycles. The van der Waals surface area contributed by atoms with Gasteiger partial charge in [0.15, 0.2) is 0 Å². The fraction of sp³-hybridized carbons (Fsp3) is 0.500. The lowest BCUT2D eigenvalue weighted by atomic mass is 9.96. The Balaban J connectivity index is 1.71. The molecule has 0 aliphatic heterocycles. The van der Waals surface area contributed by atoms with Gasteiger partial charge in [0.25, 0.3) is 0 Å². The monoisotopic (exact) mass is 471 g/mol. The smallest absolute Gasteiger partial charge is 0.341 e. The maximum Gasteiger partial charge on any atom is 0.341 e. The zero-order chi connectivity index (χ0) is 23.1.